The van der Waals surface area contributed by atoms with Crippen LogP contribution in [0.2, 0.25) is 0 Å². The van der Waals surface area contributed by atoms with Gasteiger partial charge in [-0.3, -0.25) is 14.3 Å². The molecule has 0 bridgehead atoms. The van der Waals surface area contributed by atoms with Gasteiger partial charge in [-0.25, -0.2) is 18.7 Å². The fraction of sp³-hybridized carbons (Fsp3) is 0.421. The predicted molar refractivity (Wildman–Crippen MR) is 112 cm³/mol. The Labute approximate surface area is 180 Å². The number of hydrogen-bond donors (Lipinski definition) is 1. The first kappa shape index (κ1) is 22.3. The minimum atomic E-state index is -2.82. The minimum Gasteiger partial charge on any atom is -0.351 e. The number of fused-ring (bicyclic) bond motifs is 1. The lowest BCUT2D eigenvalue weighted by Crippen LogP contribution is -2.34. The van der Waals surface area contributed by atoms with E-state index in [2.05, 4.69) is 20.4 Å². The molecule has 30 heavy (non-hydrogen) atoms. The number of hydrogen-bond acceptors (Lipinski definition) is 7. The van der Waals surface area contributed by atoms with Crippen molar-refractivity contribution in [1.82, 2.24) is 25.1 Å². The molecular formula is C19H21F2N5O2S2. The van der Waals surface area contributed by atoms with Crippen LogP contribution in [0.3, 0.4) is 0 Å². The normalized spacial score (nSPS) is 12.0. The predicted octanol–water partition coefficient (Wildman–Crippen LogP) is 4.00. The third kappa shape index (κ3) is 5.01. The van der Waals surface area contributed by atoms with Gasteiger partial charge in [0, 0.05) is 17.3 Å². The van der Waals surface area contributed by atoms with Crippen LogP contribution in [-0.4, -0.2) is 37.2 Å². The van der Waals surface area contributed by atoms with Crippen molar-refractivity contribution >= 4 is 45.8 Å². The number of ketones is 1. The van der Waals surface area contributed by atoms with Gasteiger partial charge >= 0.3 is 0 Å². The summed E-state index contributed by atoms with van der Waals surface area (Å²) < 4.78 is 27.6. The fourth-order valence-electron chi connectivity index (χ4n) is 2.48. The lowest BCUT2D eigenvalue weighted by atomic mass is 9.96. The molecule has 3 rings (SSSR count). The summed E-state index contributed by atoms with van der Waals surface area (Å²) in [5.74, 6) is -0.766. The van der Waals surface area contributed by atoms with Crippen LogP contribution >= 0.6 is 23.1 Å². The van der Waals surface area contributed by atoms with Gasteiger partial charge < -0.3 is 5.32 Å². The van der Waals surface area contributed by atoms with Gasteiger partial charge in [0.2, 0.25) is 5.91 Å². The molecule has 0 fully saturated rings. The quantitative estimate of drug-likeness (QED) is 0.330. The molecule has 7 nitrogen and oxygen atoms in total. The van der Waals surface area contributed by atoms with E-state index in [0.717, 1.165) is 16.6 Å². The molecular weight excluding hydrogens is 432 g/mol. The highest BCUT2D eigenvalue weighted by Gasteiger charge is 2.21. The van der Waals surface area contributed by atoms with Crippen LogP contribution in [0.1, 0.15) is 47.6 Å². The van der Waals surface area contributed by atoms with E-state index < -0.39 is 17.7 Å². The lowest BCUT2D eigenvalue weighted by molar-refractivity contribution is -0.128. The summed E-state index contributed by atoms with van der Waals surface area (Å²) >= 11 is 2.38. The van der Waals surface area contributed by atoms with Gasteiger partial charge in [0.25, 0.3) is 6.43 Å². The smallest absolute Gasteiger partial charge is 0.297 e. The molecule has 0 unspecified atom stereocenters. The maximum atomic E-state index is 13.1. The van der Waals surface area contributed by atoms with Crippen molar-refractivity contribution in [2.75, 3.05) is 5.75 Å². The van der Waals surface area contributed by atoms with Gasteiger partial charge in [-0.15, -0.1) is 11.3 Å². The first-order valence-corrected chi connectivity index (χ1v) is 10.9. The van der Waals surface area contributed by atoms with Crippen LogP contribution in [0.25, 0.3) is 11.0 Å². The number of thioether (sulfide) groups is 1. The lowest BCUT2D eigenvalue weighted by Gasteiger charge is -2.17. The molecule has 3 heterocycles. The number of thiophene rings is 1. The summed E-state index contributed by atoms with van der Waals surface area (Å²) in [6, 6.07) is 3.50. The molecule has 0 saturated heterocycles. The third-order valence-electron chi connectivity index (χ3n) is 4.15. The standard InChI is InChI=1S/C19H21F2N5O2S2/c1-19(2,3)18(28)22-7-10-5-6-13(30-10)12(27)9-29-17-11-8-23-26(4)16(11)24-15(25-17)14(20)21/h5-6,8,14H,7,9H2,1-4H3,(H,22,28). The Bertz CT molecular complexity index is 1090. The molecule has 160 valence electrons. The number of aromatic nitrogens is 4. The van der Waals surface area contributed by atoms with Crippen molar-refractivity contribution in [3.63, 3.8) is 0 Å². The van der Waals surface area contributed by atoms with E-state index in [1.54, 1.807) is 19.2 Å². The maximum absolute atomic E-state index is 13.1. The summed E-state index contributed by atoms with van der Waals surface area (Å²) in [5.41, 5.74) is -0.193. The first-order valence-electron chi connectivity index (χ1n) is 9.07. The van der Waals surface area contributed by atoms with Gasteiger partial charge in [-0.2, -0.15) is 5.10 Å². The van der Waals surface area contributed by atoms with Gasteiger partial charge in [0.1, 0.15) is 5.03 Å². The Morgan fingerprint density at radius 3 is 2.67 bits per heavy atom. The zero-order valence-corrected chi connectivity index (χ0v) is 18.5. The largest absolute Gasteiger partial charge is 0.351 e. The van der Waals surface area contributed by atoms with Crippen molar-refractivity contribution < 1.29 is 18.4 Å². The Morgan fingerprint density at radius 1 is 1.27 bits per heavy atom. The van der Waals surface area contributed by atoms with E-state index in [-0.39, 0.29) is 17.4 Å². The highest BCUT2D eigenvalue weighted by molar-refractivity contribution is 8.00. The Morgan fingerprint density at radius 2 is 2.00 bits per heavy atom. The molecule has 0 spiro atoms. The SMILES string of the molecule is Cn1ncc2c(SCC(=O)c3ccc(CNC(=O)C(C)(C)C)s3)nc(C(F)F)nc21. The third-order valence-corrected chi connectivity index (χ3v) is 6.27. The maximum Gasteiger partial charge on any atom is 0.297 e. The number of rotatable bonds is 7. The number of alkyl halides is 2. The molecule has 1 amide bonds. The molecule has 3 aromatic rings. The van der Waals surface area contributed by atoms with Crippen molar-refractivity contribution in [3.05, 3.63) is 33.9 Å². The highest BCUT2D eigenvalue weighted by Crippen LogP contribution is 2.29. The highest BCUT2D eigenvalue weighted by atomic mass is 32.2. The minimum absolute atomic E-state index is 0.0397. The van der Waals surface area contributed by atoms with Gasteiger partial charge in [-0.1, -0.05) is 32.5 Å². The molecule has 0 aliphatic rings. The topological polar surface area (TPSA) is 89.8 Å². The van der Waals surface area contributed by atoms with Crippen LogP contribution in [-0.2, 0) is 18.4 Å². The Hall–Kier alpha value is -2.40. The molecule has 0 aliphatic carbocycles. The number of nitrogens with one attached hydrogen (secondary N) is 1. The van der Waals surface area contributed by atoms with Crippen LogP contribution < -0.4 is 5.32 Å². The zero-order chi connectivity index (χ0) is 22.1. The number of halogens is 2. The average molecular weight is 454 g/mol. The van der Waals surface area contributed by atoms with Gasteiger partial charge in [0.15, 0.2) is 17.3 Å². The molecule has 3 aromatic heterocycles. The van der Waals surface area contributed by atoms with Crippen molar-refractivity contribution in [1.29, 1.82) is 0 Å². The summed E-state index contributed by atoms with van der Waals surface area (Å²) in [5, 5.41) is 7.70. The van der Waals surface area contributed by atoms with Crippen LogP contribution in [0, 0.1) is 5.41 Å². The molecule has 0 saturated carbocycles. The average Bonchev–Trinajstić information content (AvgIpc) is 3.30. The zero-order valence-electron chi connectivity index (χ0n) is 16.9. The Balaban J connectivity index is 1.68. The summed E-state index contributed by atoms with van der Waals surface area (Å²) in [6.07, 6.45) is -1.32. The van der Waals surface area contributed by atoms with E-state index in [0.29, 0.717) is 27.5 Å². The summed E-state index contributed by atoms with van der Waals surface area (Å²) in [4.78, 5) is 33.7. The number of Topliss-reactive ketones (excluding diaryl/α,β-unsaturated/α-hetero) is 1. The molecule has 0 aliphatic heterocycles. The number of carbonyl (C=O) groups excluding carboxylic acids is 2. The van der Waals surface area contributed by atoms with E-state index >= 15 is 0 Å². The monoisotopic (exact) mass is 453 g/mol. The first-order chi connectivity index (χ1) is 14.1. The molecule has 1 N–H and O–H groups in total. The van der Waals surface area contributed by atoms with Crippen LogP contribution in [0.5, 0.6) is 0 Å². The van der Waals surface area contributed by atoms with Crippen molar-refractivity contribution in [3.8, 4) is 0 Å². The van der Waals surface area contributed by atoms with E-state index in [9.17, 15) is 18.4 Å². The van der Waals surface area contributed by atoms with Crippen LogP contribution in [0.15, 0.2) is 23.4 Å². The van der Waals surface area contributed by atoms with Crippen molar-refractivity contribution in [2.24, 2.45) is 12.5 Å². The van der Waals surface area contributed by atoms with E-state index in [4.69, 9.17) is 0 Å². The second kappa shape index (κ2) is 8.76. The number of carbonyl (C=O) groups is 2. The molecule has 0 atom stereocenters. The molecule has 0 radical (unpaired) electrons. The van der Waals surface area contributed by atoms with E-state index in [1.807, 2.05) is 20.8 Å². The van der Waals surface area contributed by atoms with Gasteiger partial charge in [-0.05, 0) is 12.1 Å². The number of aryl methyl sites for hydroxylation is 1. The molecule has 11 heteroatoms. The van der Waals surface area contributed by atoms with Crippen LogP contribution in [0.4, 0.5) is 8.78 Å². The summed E-state index contributed by atoms with van der Waals surface area (Å²) in [7, 11) is 1.61. The summed E-state index contributed by atoms with van der Waals surface area (Å²) in [6.45, 7) is 5.83. The second-order valence-electron chi connectivity index (χ2n) is 7.60. The number of nitrogens with zero attached hydrogens (tertiary/aromatic N) is 4. The fourth-order valence-corrected chi connectivity index (χ4v) is 4.34. The number of amides is 1. The van der Waals surface area contributed by atoms with Gasteiger partial charge in [0.05, 0.1) is 28.8 Å². The van der Waals surface area contributed by atoms with Crippen molar-refractivity contribution in [2.45, 2.75) is 38.8 Å². The second-order valence-corrected chi connectivity index (χ2v) is 9.74. The molecule has 0 aromatic carbocycles. The van der Waals surface area contributed by atoms with E-state index in [1.165, 1.54) is 22.2 Å². The Kier molecular flexibility index (Phi) is 6.51.